The summed E-state index contributed by atoms with van der Waals surface area (Å²) in [7, 11) is 1.75. The van der Waals surface area contributed by atoms with E-state index < -0.39 is 23.4 Å². The number of allylic oxidation sites excluding steroid dienone is 2. The van der Waals surface area contributed by atoms with Gasteiger partial charge in [-0.2, -0.15) is 0 Å². The number of esters is 1. The Labute approximate surface area is 174 Å². The third kappa shape index (κ3) is 5.35. The van der Waals surface area contributed by atoms with Crippen molar-refractivity contribution in [3.8, 4) is 0 Å². The lowest BCUT2D eigenvalue weighted by molar-refractivity contribution is -0.152. The molecular weight excluding hydrogens is 370 g/mol. The largest absolute Gasteiger partial charge is 0.466 e. The van der Waals surface area contributed by atoms with Gasteiger partial charge >= 0.3 is 5.97 Å². The average molecular weight is 406 g/mol. The Morgan fingerprint density at radius 1 is 1.21 bits per heavy atom. The molecular formula is C23H35NO5. The molecule has 0 spiro atoms. The molecule has 0 aromatic carbocycles. The maximum atomic E-state index is 13.1. The Hall–Kier alpha value is -1.95. The van der Waals surface area contributed by atoms with Crippen LogP contribution in [0.25, 0.3) is 0 Å². The summed E-state index contributed by atoms with van der Waals surface area (Å²) < 4.78 is 5.19. The zero-order valence-electron chi connectivity index (χ0n) is 17.8. The van der Waals surface area contributed by atoms with E-state index in [0.29, 0.717) is 19.4 Å². The summed E-state index contributed by atoms with van der Waals surface area (Å²) in [6.45, 7) is 10.1. The zero-order valence-corrected chi connectivity index (χ0v) is 17.8. The first-order valence-electron chi connectivity index (χ1n) is 10.7. The fourth-order valence-corrected chi connectivity index (χ4v) is 4.54. The van der Waals surface area contributed by atoms with Crippen LogP contribution in [0.1, 0.15) is 51.9 Å². The summed E-state index contributed by atoms with van der Waals surface area (Å²) in [4.78, 5) is 40.2. The van der Waals surface area contributed by atoms with E-state index in [0.717, 1.165) is 19.3 Å². The van der Waals surface area contributed by atoms with Gasteiger partial charge in [0.05, 0.1) is 24.0 Å². The van der Waals surface area contributed by atoms with Gasteiger partial charge in [0.2, 0.25) is 5.91 Å². The maximum Gasteiger partial charge on any atom is 0.313 e. The molecule has 6 nitrogen and oxygen atoms in total. The van der Waals surface area contributed by atoms with E-state index in [-0.39, 0.29) is 43.0 Å². The average Bonchev–Trinajstić information content (AvgIpc) is 3.27. The number of hydrogen-bond acceptors (Lipinski definition) is 5. The summed E-state index contributed by atoms with van der Waals surface area (Å²) in [5.41, 5.74) is -0.841. The predicted molar refractivity (Wildman–Crippen MR) is 111 cm³/mol. The minimum Gasteiger partial charge on any atom is -0.466 e. The van der Waals surface area contributed by atoms with Crippen LogP contribution in [0, 0.1) is 23.2 Å². The van der Waals surface area contributed by atoms with E-state index in [2.05, 4.69) is 13.2 Å². The highest BCUT2D eigenvalue weighted by Gasteiger charge is 2.61. The van der Waals surface area contributed by atoms with Gasteiger partial charge in [-0.3, -0.25) is 14.4 Å². The Morgan fingerprint density at radius 3 is 2.48 bits per heavy atom. The number of amides is 1. The molecule has 5 atom stereocenters. The molecule has 0 aromatic rings. The molecule has 0 aromatic heterocycles. The van der Waals surface area contributed by atoms with E-state index in [1.54, 1.807) is 24.9 Å². The molecule has 162 valence electrons. The molecule has 0 unspecified atom stereocenters. The molecule has 2 fully saturated rings. The lowest BCUT2D eigenvalue weighted by Gasteiger charge is -2.25. The molecule has 0 aliphatic heterocycles. The lowest BCUT2D eigenvalue weighted by Crippen LogP contribution is -2.38. The van der Waals surface area contributed by atoms with Crippen LogP contribution in [-0.2, 0) is 19.1 Å². The van der Waals surface area contributed by atoms with Crippen molar-refractivity contribution in [2.24, 2.45) is 23.2 Å². The predicted octanol–water partition coefficient (Wildman–Crippen LogP) is 2.90. The van der Waals surface area contributed by atoms with E-state index in [9.17, 15) is 19.5 Å². The number of unbranched alkanes of at least 4 members (excludes halogenated alkanes) is 2. The second-order valence-corrected chi connectivity index (χ2v) is 8.45. The highest BCUT2D eigenvalue weighted by Crippen LogP contribution is 2.57. The van der Waals surface area contributed by atoms with E-state index >= 15 is 0 Å². The number of ether oxygens (including phenoxy) is 1. The molecule has 0 bridgehead atoms. The van der Waals surface area contributed by atoms with Crippen molar-refractivity contribution in [1.29, 1.82) is 0 Å². The van der Waals surface area contributed by atoms with Crippen molar-refractivity contribution in [3.63, 3.8) is 0 Å². The van der Waals surface area contributed by atoms with Gasteiger partial charge in [0.15, 0.2) is 0 Å². The third-order valence-corrected chi connectivity index (χ3v) is 6.39. The van der Waals surface area contributed by atoms with Gasteiger partial charge in [-0.05, 0) is 51.4 Å². The standard InChI is InChI=1S/C23H35NO5/c1-5-8-9-10-11-24(4)21(27)19-13-17(25)12-18(19)20(26)15-23(14-16(23)6-2)22(28)29-7-3/h5-6,16-19,25H,1-2,7-15H2,3-4H3/t16-,17+,18-,19-,23-/m1/s1. The Balaban J connectivity index is 2.04. The van der Waals surface area contributed by atoms with Crippen molar-refractivity contribution >= 4 is 17.7 Å². The molecule has 2 saturated carbocycles. The van der Waals surface area contributed by atoms with E-state index in [1.165, 1.54) is 0 Å². The Bertz CT molecular complexity index is 645. The number of hydrogen-bond donors (Lipinski definition) is 1. The van der Waals surface area contributed by atoms with Crippen LogP contribution >= 0.6 is 0 Å². The van der Waals surface area contributed by atoms with Crippen molar-refractivity contribution in [2.75, 3.05) is 20.2 Å². The topological polar surface area (TPSA) is 83.9 Å². The van der Waals surface area contributed by atoms with Crippen LogP contribution < -0.4 is 0 Å². The first kappa shape index (κ1) is 23.3. The first-order chi connectivity index (χ1) is 13.8. The summed E-state index contributed by atoms with van der Waals surface area (Å²) >= 11 is 0. The summed E-state index contributed by atoms with van der Waals surface area (Å²) in [6, 6.07) is 0. The summed E-state index contributed by atoms with van der Waals surface area (Å²) in [6.07, 6.45) is 6.80. The fraction of sp³-hybridized carbons (Fsp3) is 0.696. The molecule has 2 aliphatic rings. The van der Waals surface area contributed by atoms with Crippen LogP contribution in [0.4, 0.5) is 0 Å². The number of carbonyl (C=O) groups excluding carboxylic acids is 3. The second kappa shape index (κ2) is 10.2. The fourth-order valence-electron chi connectivity index (χ4n) is 4.54. The third-order valence-electron chi connectivity index (χ3n) is 6.39. The van der Waals surface area contributed by atoms with Crippen LogP contribution in [0.3, 0.4) is 0 Å². The van der Waals surface area contributed by atoms with Crippen molar-refractivity contribution in [2.45, 2.75) is 58.0 Å². The molecule has 6 heteroatoms. The quantitative estimate of drug-likeness (QED) is 0.307. The number of Topliss-reactive ketones (excluding diaryl/α,β-unsaturated/α-hetero) is 1. The highest BCUT2D eigenvalue weighted by molar-refractivity contribution is 5.94. The monoisotopic (exact) mass is 405 g/mol. The van der Waals surface area contributed by atoms with Gasteiger partial charge in [0.1, 0.15) is 5.78 Å². The van der Waals surface area contributed by atoms with E-state index in [4.69, 9.17) is 4.74 Å². The smallest absolute Gasteiger partial charge is 0.313 e. The molecule has 1 N–H and O–H groups in total. The SMILES string of the molecule is C=CCCCCN(C)C(=O)[C@@H]1C[C@@H](O)C[C@H]1C(=O)C[C@]1(C(=O)OCC)C[C@H]1C=C. The number of aliphatic hydroxyl groups excluding tert-OH is 1. The minimum atomic E-state index is -0.841. The van der Waals surface area contributed by atoms with Gasteiger partial charge < -0.3 is 14.7 Å². The molecule has 0 heterocycles. The highest BCUT2D eigenvalue weighted by atomic mass is 16.5. The maximum absolute atomic E-state index is 13.1. The Kier molecular flexibility index (Phi) is 8.20. The second-order valence-electron chi connectivity index (χ2n) is 8.45. The number of nitrogens with zero attached hydrogens (tertiary/aromatic N) is 1. The number of carbonyl (C=O) groups is 3. The van der Waals surface area contributed by atoms with Crippen LogP contribution in [-0.4, -0.2) is 54.0 Å². The lowest BCUT2D eigenvalue weighted by atomic mass is 9.84. The van der Waals surface area contributed by atoms with Crippen molar-refractivity contribution < 1.29 is 24.2 Å². The summed E-state index contributed by atoms with van der Waals surface area (Å²) in [5, 5.41) is 10.2. The van der Waals surface area contributed by atoms with Crippen LogP contribution in [0.2, 0.25) is 0 Å². The van der Waals surface area contributed by atoms with Crippen LogP contribution in [0.15, 0.2) is 25.3 Å². The normalized spacial score (nSPS) is 30.4. The molecule has 2 rings (SSSR count). The van der Waals surface area contributed by atoms with Gasteiger partial charge in [-0.1, -0.05) is 12.2 Å². The van der Waals surface area contributed by atoms with Crippen molar-refractivity contribution in [1.82, 2.24) is 4.90 Å². The van der Waals surface area contributed by atoms with E-state index in [1.807, 2.05) is 6.08 Å². The van der Waals surface area contributed by atoms with Gasteiger partial charge in [0, 0.05) is 25.9 Å². The zero-order chi connectivity index (χ0) is 21.6. The number of aliphatic hydroxyl groups is 1. The van der Waals surface area contributed by atoms with Gasteiger partial charge in [-0.15, -0.1) is 13.2 Å². The van der Waals surface area contributed by atoms with Crippen LogP contribution in [0.5, 0.6) is 0 Å². The number of ketones is 1. The summed E-state index contributed by atoms with van der Waals surface area (Å²) in [5.74, 6) is -1.73. The van der Waals surface area contributed by atoms with Gasteiger partial charge in [0.25, 0.3) is 0 Å². The molecule has 29 heavy (non-hydrogen) atoms. The van der Waals surface area contributed by atoms with Crippen molar-refractivity contribution in [3.05, 3.63) is 25.3 Å². The number of rotatable bonds is 12. The Morgan fingerprint density at radius 2 is 1.90 bits per heavy atom. The minimum absolute atomic E-state index is 0.0483. The molecule has 0 radical (unpaired) electrons. The molecule has 0 saturated heterocycles. The van der Waals surface area contributed by atoms with Gasteiger partial charge in [-0.25, -0.2) is 0 Å². The molecule has 2 aliphatic carbocycles. The molecule has 1 amide bonds. The first-order valence-corrected chi connectivity index (χ1v) is 10.7.